The smallest absolute Gasteiger partial charge is 0.407 e. The third kappa shape index (κ3) is 6.25. The van der Waals surface area contributed by atoms with Crippen molar-refractivity contribution in [3.05, 3.63) is 29.3 Å². The van der Waals surface area contributed by atoms with Gasteiger partial charge in [-0.05, 0) is 44.9 Å². The van der Waals surface area contributed by atoms with Crippen LogP contribution in [0.15, 0.2) is 18.2 Å². The molecule has 1 aromatic carbocycles. The van der Waals surface area contributed by atoms with Crippen LogP contribution in [0.4, 0.5) is 4.79 Å². The summed E-state index contributed by atoms with van der Waals surface area (Å²) in [5.41, 5.74) is -0.313. The molecule has 2 unspecified atom stereocenters. The Morgan fingerprint density at radius 2 is 2.00 bits per heavy atom. The summed E-state index contributed by atoms with van der Waals surface area (Å²) in [4.78, 5) is 22.4. The molecule has 128 valence electrons. The summed E-state index contributed by atoms with van der Waals surface area (Å²) < 4.78 is 5.05. The molecule has 4 N–H and O–H groups in total. The summed E-state index contributed by atoms with van der Waals surface area (Å²) >= 11 is 0. The van der Waals surface area contributed by atoms with Crippen molar-refractivity contribution in [2.24, 2.45) is 0 Å². The average Bonchev–Trinajstić information content (AvgIpc) is 2.44. The van der Waals surface area contributed by atoms with Gasteiger partial charge in [0.1, 0.15) is 17.5 Å². The lowest BCUT2D eigenvalue weighted by Gasteiger charge is -2.21. The first kappa shape index (κ1) is 18.9. The minimum Gasteiger partial charge on any atom is -0.508 e. The average molecular weight is 325 g/mol. The Morgan fingerprint density at radius 3 is 2.57 bits per heavy atom. The van der Waals surface area contributed by atoms with Gasteiger partial charge >= 0.3 is 6.09 Å². The van der Waals surface area contributed by atoms with E-state index in [1.165, 1.54) is 18.2 Å². The first-order valence-corrected chi connectivity index (χ1v) is 7.25. The summed E-state index contributed by atoms with van der Waals surface area (Å²) in [7, 11) is 0. The number of hydrogen-bond acceptors (Lipinski definition) is 6. The van der Waals surface area contributed by atoms with Crippen molar-refractivity contribution >= 4 is 12.4 Å². The number of rotatable bonds is 6. The van der Waals surface area contributed by atoms with E-state index >= 15 is 0 Å². The topological polar surface area (TPSA) is 116 Å². The number of carbonyl (C=O) groups excluding carboxylic acids is 2. The van der Waals surface area contributed by atoms with Crippen LogP contribution in [0.1, 0.15) is 49.2 Å². The quantitative estimate of drug-likeness (QED) is 0.589. The Morgan fingerprint density at radius 1 is 1.35 bits per heavy atom. The highest BCUT2D eigenvalue weighted by Crippen LogP contribution is 2.24. The Labute approximate surface area is 134 Å². The highest BCUT2D eigenvalue weighted by Gasteiger charge is 2.22. The number of nitrogens with one attached hydrogen (secondary N) is 1. The first-order valence-electron chi connectivity index (χ1n) is 7.25. The molecule has 7 heteroatoms. The summed E-state index contributed by atoms with van der Waals surface area (Å²) in [6.45, 7) is 5.30. The molecule has 0 aliphatic heterocycles. The molecule has 0 aliphatic rings. The number of aromatic hydroxyl groups is 1. The standard InChI is InChI=1S/C16H23NO6/c1-16(2,3)23-15(22)17-7-6-13(20)14(21)12-5-4-11(19)8-10(12)9-18/h4-5,8-9,13-14,19-21H,6-7H2,1-3H3,(H,17,22). The number of carbonyl (C=O) groups is 2. The van der Waals surface area contributed by atoms with Crippen LogP contribution in [0.5, 0.6) is 5.75 Å². The third-order valence-electron chi connectivity index (χ3n) is 2.99. The third-order valence-corrected chi connectivity index (χ3v) is 2.99. The largest absolute Gasteiger partial charge is 0.508 e. The first-order chi connectivity index (χ1) is 10.6. The van der Waals surface area contributed by atoms with Gasteiger partial charge in [0.05, 0.1) is 6.10 Å². The summed E-state index contributed by atoms with van der Waals surface area (Å²) in [5.74, 6) is -0.107. The van der Waals surface area contributed by atoms with Gasteiger partial charge in [0.25, 0.3) is 0 Å². The maximum atomic E-state index is 11.5. The molecule has 0 saturated carbocycles. The van der Waals surface area contributed by atoms with Crippen molar-refractivity contribution in [2.45, 2.75) is 45.0 Å². The van der Waals surface area contributed by atoms with Crippen LogP contribution in [-0.4, -0.2) is 45.9 Å². The second-order valence-corrected chi connectivity index (χ2v) is 6.16. The Balaban J connectivity index is 2.56. The van der Waals surface area contributed by atoms with Crippen LogP contribution in [0, 0.1) is 0 Å². The highest BCUT2D eigenvalue weighted by molar-refractivity contribution is 5.78. The van der Waals surface area contributed by atoms with Crippen LogP contribution in [0.2, 0.25) is 0 Å². The molecule has 23 heavy (non-hydrogen) atoms. The predicted octanol–water partition coefficient (Wildman–Crippen LogP) is 1.51. The number of amides is 1. The van der Waals surface area contributed by atoms with Crippen LogP contribution >= 0.6 is 0 Å². The van der Waals surface area contributed by atoms with E-state index < -0.39 is 23.9 Å². The molecular formula is C16H23NO6. The van der Waals surface area contributed by atoms with Gasteiger partial charge in [-0.25, -0.2) is 4.79 Å². The fraction of sp³-hybridized carbons (Fsp3) is 0.500. The van der Waals surface area contributed by atoms with Gasteiger partial charge in [0.2, 0.25) is 0 Å². The van der Waals surface area contributed by atoms with E-state index in [-0.39, 0.29) is 29.8 Å². The molecular weight excluding hydrogens is 302 g/mol. The number of ether oxygens (including phenoxy) is 1. The molecule has 0 heterocycles. The minimum atomic E-state index is -1.31. The van der Waals surface area contributed by atoms with Crippen LogP contribution < -0.4 is 5.32 Å². The molecule has 0 aromatic heterocycles. The molecule has 1 rings (SSSR count). The Kier molecular flexibility index (Phi) is 6.53. The molecule has 0 spiro atoms. The molecule has 0 bridgehead atoms. The van der Waals surface area contributed by atoms with Crippen molar-refractivity contribution in [2.75, 3.05) is 6.54 Å². The number of hydrogen-bond donors (Lipinski definition) is 4. The zero-order valence-electron chi connectivity index (χ0n) is 13.4. The van der Waals surface area contributed by atoms with E-state index in [1.54, 1.807) is 20.8 Å². The van der Waals surface area contributed by atoms with Gasteiger partial charge in [-0.2, -0.15) is 0 Å². The van der Waals surface area contributed by atoms with Crippen molar-refractivity contribution in [1.29, 1.82) is 0 Å². The van der Waals surface area contributed by atoms with Crippen molar-refractivity contribution < 1.29 is 29.6 Å². The summed E-state index contributed by atoms with van der Waals surface area (Å²) in [6.07, 6.45) is -2.55. The number of phenolic OH excluding ortho intramolecular Hbond substituents is 1. The number of aliphatic hydroxyl groups excluding tert-OH is 2. The van der Waals surface area contributed by atoms with Crippen LogP contribution in [-0.2, 0) is 4.74 Å². The predicted molar refractivity (Wildman–Crippen MR) is 83.3 cm³/mol. The van der Waals surface area contributed by atoms with Gasteiger partial charge in [-0.15, -0.1) is 0 Å². The number of benzene rings is 1. The van der Waals surface area contributed by atoms with E-state index in [0.29, 0.717) is 6.29 Å². The fourth-order valence-corrected chi connectivity index (χ4v) is 1.93. The normalized spacial score (nSPS) is 14.0. The van der Waals surface area contributed by atoms with Gasteiger partial charge < -0.3 is 25.4 Å². The van der Waals surface area contributed by atoms with E-state index in [1.807, 2.05) is 0 Å². The van der Waals surface area contributed by atoms with E-state index in [4.69, 9.17) is 4.74 Å². The van der Waals surface area contributed by atoms with Crippen molar-refractivity contribution in [3.8, 4) is 5.75 Å². The zero-order chi connectivity index (χ0) is 17.6. The second-order valence-electron chi connectivity index (χ2n) is 6.16. The number of phenols is 1. The molecule has 0 saturated heterocycles. The molecule has 0 fully saturated rings. The Bertz CT molecular complexity index is 552. The van der Waals surface area contributed by atoms with E-state index in [9.17, 15) is 24.9 Å². The van der Waals surface area contributed by atoms with Crippen molar-refractivity contribution in [1.82, 2.24) is 5.32 Å². The molecule has 7 nitrogen and oxygen atoms in total. The highest BCUT2D eigenvalue weighted by atomic mass is 16.6. The minimum absolute atomic E-state index is 0.0690. The lowest BCUT2D eigenvalue weighted by atomic mass is 9.97. The fourth-order valence-electron chi connectivity index (χ4n) is 1.93. The molecule has 0 aliphatic carbocycles. The molecule has 1 amide bonds. The summed E-state index contributed by atoms with van der Waals surface area (Å²) in [5, 5.41) is 31.9. The molecule has 1 aromatic rings. The van der Waals surface area contributed by atoms with Crippen LogP contribution in [0.25, 0.3) is 0 Å². The lowest BCUT2D eigenvalue weighted by Crippen LogP contribution is -2.34. The summed E-state index contributed by atoms with van der Waals surface area (Å²) in [6, 6.07) is 3.89. The van der Waals surface area contributed by atoms with Gasteiger partial charge in [-0.3, -0.25) is 4.79 Å². The van der Waals surface area contributed by atoms with Gasteiger partial charge in [0.15, 0.2) is 6.29 Å². The zero-order valence-corrected chi connectivity index (χ0v) is 13.4. The maximum absolute atomic E-state index is 11.5. The Hall–Kier alpha value is -2.12. The van der Waals surface area contributed by atoms with E-state index in [0.717, 1.165) is 0 Å². The number of aldehydes is 1. The van der Waals surface area contributed by atoms with Gasteiger partial charge in [-0.1, -0.05) is 6.07 Å². The van der Waals surface area contributed by atoms with E-state index in [2.05, 4.69) is 5.32 Å². The monoisotopic (exact) mass is 325 g/mol. The number of alkyl carbamates (subject to hydrolysis) is 1. The molecule has 2 atom stereocenters. The second kappa shape index (κ2) is 7.94. The lowest BCUT2D eigenvalue weighted by molar-refractivity contribution is 0.0120. The molecule has 0 radical (unpaired) electrons. The van der Waals surface area contributed by atoms with Gasteiger partial charge in [0, 0.05) is 12.1 Å². The maximum Gasteiger partial charge on any atom is 0.407 e. The van der Waals surface area contributed by atoms with Crippen molar-refractivity contribution in [3.63, 3.8) is 0 Å². The van der Waals surface area contributed by atoms with Crippen LogP contribution in [0.3, 0.4) is 0 Å². The number of aliphatic hydroxyl groups is 2. The SMILES string of the molecule is CC(C)(C)OC(=O)NCCC(O)C(O)c1ccc(O)cc1C=O.